The van der Waals surface area contributed by atoms with Crippen molar-refractivity contribution in [2.45, 2.75) is 20.4 Å². The molecule has 5 heteroatoms. The third-order valence-corrected chi connectivity index (χ3v) is 4.55. The second-order valence-corrected chi connectivity index (χ2v) is 6.44. The maximum absolute atomic E-state index is 13.1. The van der Waals surface area contributed by atoms with Gasteiger partial charge in [-0.3, -0.25) is 9.78 Å². The van der Waals surface area contributed by atoms with Crippen LogP contribution in [0.15, 0.2) is 85.1 Å². The summed E-state index contributed by atoms with van der Waals surface area (Å²) in [5.41, 5.74) is 3.83. The van der Waals surface area contributed by atoms with Gasteiger partial charge in [0, 0.05) is 25.4 Å². The Morgan fingerprint density at radius 1 is 0.900 bits per heavy atom. The highest BCUT2D eigenvalue weighted by molar-refractivity contribution is 5.99. The van der Waals surface area contributed by atoms with Crippen LogP contribution in [0.5, 0.6) is 0 Å². The third-order valence-electron chi connectivity index (χ3n) is 4.55. The van der Waals surface area contributed by atoms with E-state index in [4.69, 9.17) is 4.98 Å². The first-order valence-electron chi connectivity index (χ1n) is 10.1. The molecule has 0 unspecified atom stereocenters. The van der Waals surface area contributed by atoms with E-state index in [-0.39, 0.29) is 5.91 Å². The fourth-order valence-electron chi connectivity index (χ4n) is 3.14. The van der Waals surface area contributed by atoms with E-state index in [9.17, 15) is 4.79 Å². The standard InChI is InChI=1S/C23H20N4O.C2H6/c1-27-21(23(28)25-16-17-10-4-2-5-11-17)20(18-12-6-3-7-13-18)26-22(27)19-14-8-9-15-24-19;1-2/h2-15H,16H2,1H3,(H,25,28);1-2H3. The van der Waals surface area contributed by atoms with Crippen molar-refractivity contribution < 1.29 is 4.79 Å². The van der Waals surface area contributed by atoms with Gasteiger partial charge in [-0.1, -0.05) is 80.6 Å². The highest BCUT2D eigenvalue weighted by Gasteiger charge is 2.23. The van der Waals surface area contributed by atoms with E-state index < -0.39 is 0 Å². The van der Waals surface area contributed by atoms with Crippen molar-refractivity contribution in [2.75, 3.05) is 0 Å². The first-order valence-corrected chi connectivity index (χ1v) is 10.1. The van der Waals surface area contributed by atoms with Crippen LogP contribution >= 0.6 is 0 Å². The average molecular weight is 399 g/mol. The van der Waals surface area contributed by atoms with Crippen LogP contribution in [0.3, 0.4) is 0 Å². The minimum absolute atomic E-state index is 0.167. The Bertz CT molecular complexity index is 1070. The molecular weight excluding hydrogens is 372 g/mol. The summed E-state index contributed by atoms with van der Waals surface area (Å²) < 4.78 is 1.81. The molecule has 4 rings (SSSR count). The summed E-state index contributed by atoms with van der Waals surface area (Å²) in [7, 11) is 1.85. The number of hydrogen-bond acceptors (Lipinski definition) is 3. The molecule has 0 saturated heterocycles. The number of imidazole rings is 1. The van der Waals surface area contributed by atoms with Crippen molar-refractivity contribution in [3.05, 3.63) is 96.3 Å². The normalized spacial score (nSPS) is 10.1. The van der Waals surface area contributed by atoms with Crippen molar-refractivity contribution in [2.24, 2.45) is 7.05 Å². The molecule has 0 spiro atoms. The molecule has 0 radical (unpaired) electrons. The van der Waals surface area contributed by atoms with Gasteiger partial charge in [-0.2, -0.15) is 0 Å². The van der Waals surface area contributed by atoms with Crippen LogP contribution in [0.4, 0.5) is 0 Å². The molecular formula is C25H26N4O. The van der Waals surface area contributed by atoms with Gasteiger partial charge < -0.3 is 9.88 Å². The van der Waals surface area contributed by atoms with E-state index in [1.165, 1.54) is 0 Å². The lowest BCUT2D eigenvalue weighted by Gasteiger charge is -2.09. The highest BCUT2D eigenvalue weighted by Crippen LogP contribution is 2.27. The van der Waals surface area contributed by atoms with Crippen molar-refractivity contribution in [3.63, 3.8) is 0 Å². The molecule has 2 aromatic heterocycles. The van der Waals surface area contributed by atoms with Crippen LogP contribution < -0.4 is 5.32 Å². The van der Waals surface area contributed by atoms with Crippen LogP contribution in [-0.4, -0.2) is 20.4 Å². The average Bonchev–Trinajstić information content (AvgIpc) is 3.18. The summed E-state index contributed by atoms with van der Waals surface area (Å²) in [6, 6.07) is 25.3. The van der Waals surface area contributed by atoms with Crippen molar-refractivity contribution in [1.82, 2.24) is 19.9 Å². The zero-order valence-electron chi connectivity index (χ0n) is 17.5. The number of carbonyl (C=O) groups is 1. The lowest BCUT2D eigenvalue weighted by atomic mass is 10.1. The molecule has 0 bridgehead atoms. The number of hydrogen-bond donors (Lipinski definition) is 1. The summed E-state index contributed by atoms with van der Waals surface area (Å²) in [6.45, 7) is 4.46. The van der Waals surface area contributed by atoms with E-state index in [1.807, 2.05) is 104 Å². The van der Waals surface area contributed by atoms with Gasteiger partial charge in [-0.25, -0.2) is 4.98 Å². The number of aromatic nitrogens is 3. The second kappa shape index (κ2) is 10.2. The molecule has 1 amide bonds. The van der Waals surface area contributed by atoms with Crippen LogP contribution in [0, 0.1) is 0 Å². The van der Waals surface area contributed by atoms with E-state index >= 15 is 0 Å². The number of benzene rings is 2. The molecule has 5 nitrogen and oxygen atoms in total. The van der Waals surface area contributed by atoms with Crippen molar-refractivity contribution in [3.8, 4) is 22.8 Å². The molecule has 0 atom stereocenters. The number of rotatable bonds is 5. The molecule has 1 N–H and O–H groups in total. The van der Waals surface area contributed by atoms with E-state index in [1.54, 1.807) is 6.20 Å². The topological polar surface area (TPSA) is 59.8 Å². The lowest BCUT2D eigenvalue weighted by molar-refractivity contribution is 0.0943. The summed E-state index contributed by atoms with van der Waals surface area (Å²) >= 11 is 0. The molecule has 152 valence electrons. The van der Waals surface area contributed by atoms with Gasteiger partial charge in [0.15, 0.2) is 5.82 Å². The van der Waals surface area contributed by atoms with Crippen LogP contribution in [0.2, 0.25) is 0 Å². The van der Waals surface area contributed by atoms with Gasteiger partial charge in [0.25, 0.3) is 5.91 Å². The van der Waals surface area contributed by atoms with Gasteiger partial charge in [0.1, 0.15) is 17.1 Å². The summed E-state index contributed by atoms with van der Waals surface area (Å²) in [5.74, 6) is 0.490. The maximum atomic E-state index is 13.1. The number of nitrogens with zero attached hydrogens (tertiary/aromatic N) is 3. The first kappa shape index (κ1) is 21.0. The number of nitrogens with one attached hydrogen (secondary N) is 1. The van der Waals surface area contributed by atoms with E-state index in [0.29, 0.717) is 23.8 Å². The number of amides is 1. The first-order chi connectivity index (χ1) is 14.7. The molecule has 0 aliphatic carbocycles. The van der Waals surface area contributed by atoms with Gasteiger partial charge in [0.05, 0.1) is 0 Å². The quantitative estimate of drug-likeness (QED) is 0.508. The predicted molar refractivity (Wildman–Crippen MR) is 121 cm³/mol. The third kappa shape index (κ3) is 4.63. The Morgan fingerprint density at radius 2 is 1.53 bits per heavy atom. The minimum atomic E-state index is -0.167. The Morgan fingerprint density at radius 3 is 2.17 bits per heavy atom. The van der Waals surface area contributed by atoms with Gasteiger partial charge >= 0.3 is 0 Å². The Balaban J connectivity index is 0.00000124. The highest BCUT2D eigenvalue weighted by atomic mass is 16.2. The predicted octanol–water partition coefficient (Wildman–Crippen LogP) is 5.11. The van der Waals surface area contributed by atoms with Gasteiger partial charge in [-0.05, 0) is 17.7 Å². The molecule has 2 heterocycles. The second-order valence-electron chi connectivity index (χ2n) is 6.44. The largest absolute Gasteiger partial charge is 0.347 e. The molecule has 4 aromatic rings. The Labute approximate surface area is 177 Å². The van der Waals surface area contributed by atoms with E-state index in [0.717, 1.165) is 16.8 Å². The summed E-state index contributed by atoms with van der Waals surface area (Å²) in [6.07, 6.45) is 1.72. The molecule has 2 aromatic carbocycles. The Hall–Kier alpha value is -3.73. The fraction of sp³-hybridized carbons (Fsp3) is 0.160. The zero-order chi connectivity index (χ0) is 21.3. The molecule has 0 fully saturated rings. The monoisotopic (exact) mass is 398 g/mol. The fourth-order valence-corrected chi connectivity index (χ4v) is 3.14. The smallest absolute Gasteiger partial charge is 0.270 e. The maximum Gasteiger partial charge on any atom is 0.270 e. The molecule has 0 aliphatic heterocycles. The molecule has 0 saturated carbocycles. The summed E-state index contributed by atoms with van der Waals surface area (Å²) in [5, 5.41) is 3.01. The van der Waals surface area contributed by atoms with Crippen LogP contribution in [0.25, 0.3) is 22.8 Å². The van der Waals surface area contributed by atoms with E-state index in [2.05, 4.69) is 10.3 Å². The number of carbonyl (C=O) groups excluding carboxylic acids is 1. The minimum Gasteiger partial charge on any atom is -0.347 e. The van der Waals surface area contributed by atoms with Crippen molar-refractivity contribution >= 4 is 5.91 Å². The SMILES string of the molecule is CC.Cn1c(-c2ccccn2)nc(-c2ccccc2)c1C(=O)NCc1ccccc1. The lowest BCUT2D eigenvalue weighted by Crippen LogP contribution is -2.25. The van der Waals surface area contributed by atoms with Gasteiger partial charge in [0.2, 0.25) is 0 Å². The molecule has 0 aliphatic rings. The summed E-state index contributed by atoms with van der Waals surface area (Å²) in [4.78, 5) is 22.2. The van der Waals surface area contributed by atoms with Crippen LogP contribution in [0.1, 0.15) is 29.9 Å². The van der Waals surface area contributed by atoms with Gasteiger partial charge in [-0.15, -0.1) is 0 Å². The van der Waals surface area contributed by atoms with Crippen LogP contribution in [-0.2, 0) is 13.6 Å². The number of pyridine rings is 1. The zero-order valence-corrected chi connectivity index (χ0v) is 17.5. The Kier molecular flexibility index (Phi) is 7.11. The van der Waals surface area contributed by atoms with Crippen molar-refractivity contribution in [1.29, 1.82) is 0 Å². The molecule has 30 heavy (non-hydrogen) atoms.